The first-order valence-electron chi connectivity index (χ1n) is 12.8. The number of alkyl halides is 3. The average Bonchev–Trinajstić information content (AvgIpc) is 2.82. The summed E-state index contributed by atoms with van der Waals surface area (Å²) in [6.07, 6.45) is 1.85. The van der Waals surface area contributed by atoms with E-state index in [9.17, 15) is 23.1 Å². The molecular formula is C28H37F3N2O3. The number of carbonyl (C=O) groups is 1. The molecule has 0 spiro atoms. The van der Waals surface area contributed by atoms with Gasteiger partial charge >= 0.3 is 12.3 Å². The molecule has 1 aliphatic carbocycles. The molecule has 1 unspecified atom stereocenters. The molecule has 3 rings (SSSR count). The van der Waals surface area contributed by atoms with Crippen LogP contribution in [-0.4, -0.2) is 30.0 Å². The summed E-state index contributed by atoms with van der Waals surface area (Å²) in [4.78, 5) is 13.9. The van der Waals surface area contributed by atoms with Crippen molar-refractivity contribution in [1.29, 1.82) is 0 Å². The van der Waals surface area contributed by atoms with Crippen LogP contribution in [0.3, 0.4) is 0 Å². The van der Waals surface area contributed by atoms with Crippen LogP contribution in [-0.2, 0) is 4.79 Å². The fraction of sp³-hybridized carbons (Fsp3) is 0.536. The van der Waals surface area contributed by atoms with Crippen LogP contribution in [0.15, 0.2) is 42.5 Å². The van der Waals surface area contributed by atoms with Crippen molar-refractivity contribution in [2.24, 2.45) is 5.92 Å². The summed E-state index contributed by atoms with van der Waals surface area (Å²) in [6, 6.07) is 12.2. The van der Waals surface area contributed by atoms with Gasteiger partial charge in [0, 0.05) is 18.3 Å². The van der Waals surface area contributed by atoms with E-state index in [4.69, 9.17) is 0 Å². The highest BCUT2D eigenvalue weighted by molar-refractivity contribution is 5.77. The van der Waals surface area contributed by atoms with Crippen molar-refractivity contribution in [1.82, 2.24) is 0 Å². The molecule has 198 valence electrons. The molecule has 1 saturated carbocycles. The molecule has 1 fully saturated rings. The first-order valence-corrected chi connectivity index (χ1v) is 12.8. The number of halogens is 3. The minimum absolute atomic E-state index is 0.0388. The lowest BCUT2D eigenvalue weighted by Gasteiger charge is -2.39. The monoisotopic (exact) mass is 506 g/mol. The van der Waals surface area contributed by atoms with Gasteiger partial charge in [-0.25, -0.2) is 0 Å². The number of benzene rings is 2. The predicted molar refractivity (Wildman–Crippen MR) is 137 cm³/mol. The summed E-state index contributed by atoms with van der Waals surface area (Å²) in [5.41, 5.74) is 3.41. The zero-order chi connectivity index (χ0) is 26.3. The van der Waals surface area contributed by atoms with Gasteiger partial charge in [0.05, 0.1) is 17.8 Å². The third-order valence-corrected chi connectivity index (χ3v) is 6.66. The molecular weight excluding hydrogens is 469 g/mol. The van der Waals surface area contributed by atoms with Gasteiger partial charge in [0.2, 0.25) is 0 Å². The number of rotatable bonds is 11. The second-order valence-electron chi connectivity index (χ2n) is 10.0. The van der Waals surface area contributed by atoms with Gasteiger partial charge in [0.25, 0.3) is 0 Å². The van der Waals surface area contributed by atoms with Gasteiger partial charge in [-0.15, -0.1) is 13.2 Å². The summed E-state index contributed by atoms with van der Waals surface area (Å²) in [5, 5.41) is 12.8. The van der Waals surface area contributed by atoms with Crippen LogP contribution in [0.25, 0.3) is 0 Å². The molecule has 0 heterocycles. The lowest BCUT2D eigenvalue weighted by molar-refractivity contribution is -0.274. The van der Waals surface area contributed by atoms with E-state index in [-0.39, 0.29) is 18.1 Å². The summed E-state index contributed by atoms with van der Waals surface area (Å²) in [5.74, 6) is -0.816. The van der Waals surface area contributed by atoms with E-state index in [2.05, 4.69) is 34.9 Å². The van der Waals surface area contributed by atoms with Crippen molar-refractivity contribution < 1.29 is 27.8 Å². The van der Waals surface area contributed by atoms with Crippen molar-refractivity contribution in [3.8, 4) is 5.75 Å². The maximum absolute atomic E-state index is 12.6. The molecule has 0 radical (unpaired) electrons. The van der Waals surface area contributed by atoms with Gasteiger partial charge in [0.1, 0.15) is 5.75 Å². The Morgan fingerprint density at radius 3 is 2.33 bits per heavy atom. The molecule has 5 nitrogen and oxygen atoms in total. The maximum atomic E-state index is 12.6. The highest BCUT2D eigenvalue weighted by Gasteiger charge is 2.31. The molecule has 36 heavy (non-hydrogen) atoms. The van der Waals surface area contributed by atoms with Gasteiger partial charge in [0.15, 0.2) is 0 Å². The fourth-order valence-corrected chi connectivity index (χ4v) is 4.99. The Morgan fingerprint density at radius 2 is 1.78 bits per heavy atom. The molecule has 2 N–H and O–H groups in total. The first-order chi connectivity index (χ1) is 17.1. The SMILES string of the molecule is CCC(CC(=O)O)c1ccc(N(CC(C)C)C2CCCCC2)c(Nc2ccc(OC(F)(F)F)cc2)c1. The normalized spacial score (nSPS) is 15.5. The lowest BCUT2D eigenvalue weighted by atomic mass is 9.90. The van der Waals surface area contributed by atoms with Crippen molar-refractivity contribution >= 4 is 23.0 Å². The molecule has 2 aromatic carbocycles. The summed E-state index contributed by atoms with van der Waals surface area (Å²) in [6.45, 7) is 7.23. The van der Waals surface area contributed by atoms with Crippen molar-refractivity contribution in [2.75, 3.05) is 16.8 Å². The molecule has 0 amide bonds. The van der Waals surface area contributed by atoms with Gasteiger partial charge in [-0.1, -0.05) is 46.1 Å². The van der Waals surface area contributed by atoms with Gasteiger partial charge in [-0.05, 0) is 73.1 Å². The molecule has 2 aromatic rings. The number of hydrogen-bond donors (Lipinski definition) is 2. The molecule has 0 aromatic heterocycles. The van der Waals surface area contributed by atoms with Gasteiger partial charge < -0.3 is 20.1 Å². The zero-order valence-electron chi connectivity index (χ0n) is 21.3. The quantitative estimate of drug-likeness (QED) is 0.322. The Bertz CT molecular complexity index is 987. The minimum Gasteiger partial charge on any atom is -0.481 e. The lowest BCUT2D eigenvalue weighted by Crippen LogP contribution is -2.39. The van der Waals surface area contributed by atoms with E-state index in [1.165, 1.54) is 31.4 Å². The Kier molecular flexibility index (Phi) is 9.51. The van der Waals surface area contributed by atoms with Crippen LogP contribution in [0.5, 0.6) is 5.75 Å². The largest absolute Gasteiger partial charge is 0.573 e. The van der Waals surface area contributed by atoms with Crippen molar-refractivity contribution in [3.05, 3.63) is 48.0 Å². The highest BCUT2D eigenvalue weighted by Crippen LogP contribution is 2.38. The second-order valence-corrected chi connectivity index (χ2v) is 10.0. The summed E-state index contributed by atoms with van der Waals surface area (Å²) in [7, 11) is 0. The fourth-order valence-electron chi connectivity index (χ4n) is 4.99. The first kappa shape index (κ1) is 27.7. The van der Waals surface area contributed by atoms with E-state index in [0.29, 0.717) is 24.1 Å². The smallest absolute Gasteiger partial charge is 0.481 e. The number of aliphatic carboxylic acids is 1. The van der Waals surface area contributed by atoms with Gasteiger partial charge in [-0.3, -0.25) is 4.79 Å². The molecule has 8 heteroatoms. The van der Waals surface area contributed by atoms with Crippen LogP contribution in [0, 0.1) is 5.92 Å². The summed E-state index contributed by atoms with van der Waals surface area (Å²) < 4.78 is 41.7. The standard InChI is InChI=1S/C28H37F3N2O3/c1-4-20(17-27(34)35)21-10-15-26(33(18-19(2)3)23-8-6-5-7-9-23)25(16-21)32-22-11-13-24(14-12-22)36-28(29,30)31/h10-16,19-20,23,32H,4-9,17-18H2,1-3H3,(H,34,35). The van der Waals surface area contributed by atoms with Crippen LogP contribution in [0.4, 0.5) is 30.2 Å². The van der Waals surface area contributed by atoms with Crippen molar-refractivity contribution in [3.63, 3.8) is 0 Å². The number of carboxylic acid groups (broad SMARTS) is 1. The Morgan fingerprint density at radius 1 is 1.11 bits per heavy atom. The Labute approximate surface area is 211 Å². The number of nitrogens with zero attached hydrogens (tertiary/aromatic N) is 1. The minimum atomic E-state index is -4.74. The molecule has 0 bridgehead atoms. The predicted octanol–water partition coefficient (Wildman–Crippen LogP) is 8.09. The van der Waals surface area contributed by atoms with E-state index in [1.807, 2.05) is 19.1 Å². The van der Waals surface area contributed by atoms with Crippen LogP contribution in [0.2, 0.25) is 0 Å². The third kappa shape index (κ3) is 8.07. The molecule has 0 saturated heterocycles. The number of hydrogen-bond acceptors (Lipinski definition) is 4. The third-order valence-electron chi connectivity index (χ3n) is 6.66. The number of carboxylic acids is 1. The Hall–Kier alpha value is -2.90. The zero-order valence-corrected chi connectivity index (χ0v) is 21.3. The van der Waals surface area contributed by atoms with Crippen LogP contribution >= 0.6 is 0 Å². The second kappa shape index (κ2) is 12.4. The maximum Gasteiger partial charge on any atom is 0.573 e. The average molecular weight is 507 g/mol. The number of ether oxygens (including phenoxy) is 1. The van der Waals surface area contributed by atoms with Gasteiger partial charge in [-0.2, -0.15) is 0 Å². The van der Waals surface area contributed by atoms with Crippen LogP contribution in [0.1, 0.15) is 77.2 Å². The highest BCUT2D eigenvalue weighted by atomic mass is 19.4. The van der Waals surface area contributed by atoms with E-state index >= 15 is 0 Å². The molecule has 1 atom stereocenters. The summed E-state index contributed by atoms with van der Waals surface area (Å²) >= 11 is 0. The van der Waals surface area contributed by atoms with E-state index in [1.54, 1.807) is 12.1 Å². The Balaban J connectivity index is 1.99. The van der Waals surface area contributed by atoms with E-state index in [0.717, 1.165) is 36.3 Å². The topological polar surface area (TPSA) is 61.8 Å². The van der Waals surface area contributed by atoms with Crippen molar-refractivity contribution in [2.45, 2.75) is 84.0 Å². The van der Waals surface area contributed by atoms with E-state index < -0.39 is 12.3 Å². The number of nitrogens with one attached hydrogen (secondary N) is 1. The molecule has 0 aliphatic heterocycles. The molecule has 1 aliphatic rings. The van der Waals surface area contributed by atoms with Crippen LogP contribution < -0.4 is 15.0 Å². The number of anilines is 3.